The number of carboxylic acids is 1. The van der Waals surface area contributed by atoms with Crippen LogP contribution in [-0.2, 0) is 13.1 Å². The predicted octanol–water partition coefficient (Wildman–Crippen LogP) is 4.54. The monoisotopic (exact) mass is 411 g/mol. The molecule has 2 aromatic rings. The first-order valence-electron chi connectivity index (χ1n) is 6.40. The van der Waals surface area contributed by atoms with Crippen molar-refractivity contribution in [3.63, 3.8) is 0 Å². The molecule has 0 radical (unpaired) electrons. The van der Waals surface area contributed by atoms with Gasteiger partial charge in [-0.25, -0.2) is 4.79 Å². The molecule has 21 heavy (non-hydrogen) atoms. The zero-order chi connectivity index (χ0) is 15.4. The lowest BCUT2D eigenvalue weighted by atomic mass is 10.1. The summed E-state index contributed by atoms with van der Waals surface area (Å²) in [5, 5.41) is 8.96. The summed E-state index contributed by atoms with van der Waals surface area (Å²) >= 11 is 6.87. The van der Waals surface area contributed by atoms with Gasteiger partial charge < -0.3 is 5.11 Å². The molecular formula is C16H15Br2NO2. The van der Waals surface area contributed by atoms with Crippen LogP contribution in [0.25, 0.3) is 0 Å². The summed E-state index contributed by atoms with van der Waals surface area (Å²) in [4.78, 5) is 13.1. The maximum atomic E-state index is 10.9. The number of nitrogens with zero attached hydrogens (tertiary/aromatic N) is 1. The van der Waals surface area contributed by atoms with Crippen LogP contribution in [0.2, 0.25) is 0 Å². The van der Waals surface area contributed by atoms with Crippen LogP contribution in [0, 0.1) is 0 Å². The minimum absolute atomic E-state index is 0.293. The zero-order valence-corrected chi connectivity index (χ0v) is 14.7. The normalized spacial score (nSPS) is 10.9. The Morgan fingerprint density at radius 3 is 2.33 bits per heavy atom. The Morgan fingerprint density at radius 1 is 1.10 bits per heavy atom. The zero-order valence-electron chi connectivity index (χ0n) is 11.5. The Morgan fingerprint density at radius 2 is 1.76 bits per heavy atom. The summed E-state index contributed by atoms with van der Waals surface area (Å²) in [5.41, 5.74) is 2.60. The van der Waals surface area contributed by atoms with Gasteiger partial charge in [0, 0.05) is 22.0 Å². The summed E-state index contributed by atoms with van der Waals surface area (Å²) in [5.74, 6) is -0.912. The third-order valence-corrected chi connectivity index (χ3v) is 4.37. The Labute approximate surface area is 140 Å². The van der Waals surface area contributed by atoms with E-state index in [1.54, 1.807) is 12.1 Å². The van der Waals surface area contributed by atoms with Crippen LogP contribution >= 0.6 is 31.9 Å². The van der Waals surface area contributed by atoms with Crippen LogP contribution in [-0.4, -0.2) is 23.0 Å². The van der Waals surface area contributed by atoms with Crippen molar-refractivity contribution in [3.05, 3.63) is 68.1 Å². The Bertz CT molecular complexity index is 641. The van der Waals surface area contributed by atoms with Gasteiger partial charge in [0.15, 0.2) is 0 Å². The number of hydrogen-bond donors (Lipinski definition) is 1. The van der Waals surface area contributed by atoms with Gasteiger partial charge in [-0.15, -0.1) is 0 Å². The molecule has 0 aliphatic heterocycles. The molecule has 1 N–H and O–H groups in total. The molecule has 110 valence electrons. The molecule has 2 aromatic carbocycles. The van der Waals surface area contributed by atoms with Gasteiger partial charge in [0.2, 0.25) is 0 Å². The summed E-state index contributed by atoms with van der Waals surface area (Å²) < 4.78 is 1.89. The van der Waals surface area contributed by atoms with E-state index in [-0.39, 0.29) is 0 Å². The van der Waals surface area contributed by atoms with Crippen LogP contribution in [0.4, 0.5) is 0 Å². The second-order valence-corrected chi connectivity index (χ2v) is 6.68. The minimum Gasteiger partial charge on any atom is -0.478 e. The lowest BCUT2D eigenvalue weighted by Crippen LogP contribution is -2.17. The van der Waals surface area contributed by atoms with Gasteiger partial charge in [0.05, 0.1) is 5.56 Å². The maximum Gasteiger partial charge on any atom is 0.335 e. The van der Waals surface area contributed by atoms with E-state index in [0.29, 0.717) is 5.56 Å². The highest BCUT2D eigenvalue weighted by atomic mass is 79.9. The second kappa shape index (κ2) is 7.20. The fourth-order valence-electron chi connectivity index (χ4n) is 2.06. The summed E-state index contributed by atoms with van der Waals surface area (Å²) in [6.07, 6.45) is 0. The van der Waals surface area contributed by atoms with Crippen molar-refractivity contribution in [1.82, 2.24) is 4.90 Å². The SMILES string of the molecule is CN(Cc1ccc(Br)cc1)Cc1ccc(C(=O)O)cc1Br. The molecule has 0 atom stereocenters. The number of benzene rings is 2. The van der Waals surface area contributed by atoms with E-state index in [9.17, 15) is 4.79 Å². The molecule has 0 spiro atoms. The van der Waals surface area contributed by atoms with E-state index in [0.717, 1.165) is 27.6 Å². The fraction of sp³-hybridized carbons (Fsp3) is 0.188. The molecule has 0 aliphatic carbocycles. The highest BCUT2D eigenvalue weighted by Crippen LogP contribution is 2.21. The van der Waals surface area contributed by atoms with Crippen LogP contribution in [0.3, 0.4) is 0 Å². The topological polar surface area (TPSA) is 40.5 Å². The number of carbonyl (C=O) groups is 1. The largest absolute Gasteiger partial charge is 0.478 e. The minimum atomic E-state index is -0.912. The van der Waals surface area contributed by atoms with E-state index in [1.807, 2.05) is 25.2 Å². The molecule has 0 heterocycles. The molecule has 0 saturated heterocycles. The molecule has 0 bridgehead atoms. The van der Waals surface area contributed by atoms with Crippen molar-refractivity contribution < 1.29 is 9.90 Å². The molecule has 2 rings (SSSR count). The summed E-state index contributed by atoms with van der Waals surface area (Å²) in [6.45, 7) is 1.58. The Hall–Kier alpha value is -1.17. The third-order valence-electron chi connectivity index (χ3n) is 3.11. The second-order valence-electron chi connectivity index (χ2n) is 4.91. The van der Waals surface area contributed by atoms with Crippen LogP contribution in [0.15, 0.2) is 51.4 Å². The molecule has 0 aliphatic rings. The first-order valence-corrected chi connectivity index (χ1v) is 7.99. The van der Waals surface area contributed by atoms with Gasteiger partial charge in [-0.3, -0.25) is 4.90 Å². The van der Waals surface area contributed by atoms with Gasteiger partial charge in [-0.05, 0) is 42.4 Å². The van der Waals surface area contributed by atoms with Gasteiger partial charge in [-0.1, -0.05) is 50.1 Å². The lowest BCUT2D eigenvalue weighted by Gasteiger charge is -2.18. The standard InChI is InChI=1S/C16H15Br2NO2/c1-19(9-11-2-6-14(17)7-3-11)10-13-5-4-12(16(20)21)8-15(13)18/h2-8H,9-10H2,1H3,(H,20,21). The quantitative estimate of drug-likeness (QED) is 0.783. The van der Waals surface area contributed by atoms with E-state index in [2.05, 4.69) is 48.9 Å². The number of hydrogen-bond acceptors (Lipinski definition) is 2. The number of halogens is 2. The van der Waals surface area contributed by atoms with E-state index in [1.165, 1.54) is 5.56 Å². The molecule has 5 heteroatoms. The van der Waals surface area contributed by atoms with E-state index in [4.69, 9.17) is 5.11 Å². The van der Waals surface area contributed by atoms with Crippen molar-refractivity contribution in [2.45, 2.75) is 13.1 Å². The fourth-order valence-corrected chi connectivity index (χ4v) is 2.83. The van der Waals surface area contributed by atoms with Crippen LogP contribution < -0.4 is 0 Å². The maximum absolute atomic E-state index is 10.9. The smallest absolute Gasteiger partial charge is 0.335 e. The predicted molar refractivity (Wildman–Crippen MR) is 90.4 cm³/mol. The molecule has 3 nitrogen and oxygen atoms in total. The van der Waals surface area contributed by atoms with Crippen LogP contribution in [0.1, 0.15) is 21.5 Å². The molecule has 0 fully saturated rings. The number of aromatic carboxylic acids is 1. The van der Waals surface area contributed by atoms with Crippen molar-refractivity contribution in [2.75, 3.05) is 7.05 Å². The third kappa shape index (κ3) is 4.66. The molecule has 0 aromatic heterocycles. The first kappa shape index (κ1) is 16.2. The summed E-state index contributed by atoms with van der Waals surface area (Å²) in [6, 6.07) is 13.4. The van der Waals surface area contributed by atoms with Gasteiger partial charge in [0.1, 0.15) is 0 Å². The number of carboxylic acid groups (broad SMARTS) is 1. The molecule has 0 unspecified atom stereocenters. The Kier molecular flexibility index (Phi) is 5.56. The molecular weight excluding hydrogens is 398 g/mol. The highest BCUT2D eigenvalue weighted by Gasteiger charge is 2.09. The molecule has 0 amide bonds. The van der Waals surface area contributed by atoms with Crippen molar-refractivity contribution >= 4 is 37.8 Å². The first-order chi connectivity index (χ1) is 9.95. The van der Waals surface area contributed by atoms with Gasteiger partial charge in [-0.2, -0.15) is 0 Å². The number of rotatable bonds is 5. The van der Waals surface area contributed by atoms with Crippen molar-refractivity contribution in [1.29, 1.82) is 0 Å². The average molecular weight is 413 g/mol. The lowest BCUT2D eigenvalue weighted by molar-refractivity contribution is 0.0697. The van der Waals surface area contributed by atoms with Crippen molar-refractivity contribution in [3.8, 4) is 0 Å². The molecule has 0 saturated carbocycles. The highest BCUT2D eigenvalue weighted by molar-refractivity contribution is 9.10. The van der Waals surface area contributed by atoms with Crippen molar-refractivity contribution in [2.24, 2.45) is 0 Å². The van der Waals surface area contributed by atoms with E-state index >= 15 is 0 Å². The van der Waals surface area contributed by atoms with Gasteiger partial charge in [0.25, 0.3) is 0 Å². The summed E-state index contributed by atoms with van der Waals surface area (Å²) in [7, 11) is 2.04. The average Bonchev–Trinajstić information content (AvgIpc) is 2.43. The van der Waals surface area contributed by atoms with E-state index < -0.39 is 5.97 Å². The van der Waals surface area contributed by atoms with Crippen LogP contribution in [0.5, 0.6) is 0 Å². The van der Waals surface area contributed by atoms with Gasteiger partial charge >= 0.3 is 5.97 Å². The Balaban J connectivity index is 2.04.